The van der Waals surface area contributed by atoms with Gasteiger partial charge in [-0.2, -0.15) is 0 Å². The van der Waals surface area contributed by atoms with Crippen LogP contribution in [-0.2, 0) is 6.42 Å². The lowest BCUT2D eigenvalue weighted by atomic mass is 9.83. The molecule has 172 valence electrons. The molecule has 0 heterocycles. The highest BCUT2D eigenvalue weighted by Crippen LogP contribution is 2.48. The van der Waals surface area contributed by atoms with Crippen molar-refractivity contribution in [2.75, 3.05) is 0 Å². The molecule has 1 aliphatic carbocycles. The SMILES string of the molecule is c1ccc2c(c1)Cc1c-2cccc1-c1c2ccccc2c(-c2cccc3ccccc23)c2ccccc12. The van der Waals surface area contributed by atoms with Crippen LogP contribution in [0.3, 0.4) is 0 Å². The fourth-order valence-electron chi connectivity index (χ4n) is 6.54. The third kappa shape index (κ3) is 2.96. The molecule has 0 atom stereocenters. The molecule has 0 aliphatic heterocycles. The van der Waals surface area contributed by atoms with Gasteiger partial charge in [0.1, 0.15) is 0 Å². The lowest BCUT2D eigenvalue weighted by molar-refractivity contribution is 1.27. The van der Waals surface area contributed by atoms with E-state index in [1.807, 2.05) is 0 Å². The van der Waals surface area contributed by atoms with E-state index in [1.54, 1.807) is 0 Å². The van der Waals surface area contributed by atoms with Crippen LogP contribution in [0.5, 0.6) is 0 Å². The summed E-state index contributed by atoms with van der Waals surface area (Å²) in [5.74, 6) is 0. The van der Waals surface area contributed by atoms with Gasteiger partial charge in [0.2, 0.25) is 0 Å². The van der Waals surface area contributed by atoms with E-state index in [1.165, 1.54) is 76.8 Å². The van der Waals surface area contributed by atoms with Gasteiger partial charge in [0.25, 0.3) is 0 Å². The minimum atomic E-state index is 0.982. The Labute approximate surface area is 216 Å². The summed E-state index contributed by atoms with van der Waals surface area (Å²) < 4.78 is 0. The Balaban J connectivity index is 1.52. The first-order valence-corrected chi connectivity index (χ1v) is 13.0. The second-order valence-electron chi connectivity index (χ2n) is 10.0. The maximum absolute atomic E-state index is 2.33. The van der Waals surface area contributed by atoms with Gasteiger partial charge in [-0.25, -0.2) is 0 Å². The van der Waals surface area contributed by atoms with Gasteiger partial charge in [-0.15, -0.1) is 0 Å². The van der Waals surface area contributed by atoms with Crippen molar-refractivity contribution in [1.29, 1.82) is 0 Å². The van der Waals surface area contributed by atoms with Crippen molar-refractivity contribution in [1.82, 2.24) is 0 Å². The smallest absolute Gasteiger partial charge is 0.000728 e. The number of fused-ring (bicyclic) bond motifs is 6. The second kappa shape index (κ2) is 7.91. The summed E-state index contributed by atoms with van der Waals surface area (Å²) in [6.45, 7) is 0. The van der Waals surface area contributed by atoms with Crippen LogP contribution in [0, 0.1) is 0 Å². The van der Waals surface area contributed by atoms with Crippen LogP contribution in [0.4, 0.5) is 0 Å². The molecule has 0 unspecified atom stereocenters. The average Bonchev–Trinajstić information content (AvgIpc) is 3.35. The Hall–Kier alpha value is -4.68. The van der Waals surface area contributed by atoms with E-state index in [0.29, 0.717) is 0 Å². The summed E-state index contributed by atoms with van der Waals surface area (Å²) in [7, 11) is 0. The molecular formula is C37H24. The van der Waals surface area contributed by atoms with Gasteiger partial charge in [-0.1, -0.05) is 133 Å². The highest BCUT2D eigenvalue weighted by molar-refractivity contribution is 6.23. The predicted molar refractivity (Wildman–Crippen MR) is 158 cm³/mol. The molecule has 7 aromatic rings. The summed E-state index contributed by atoms with van der Waals surface area (Å²) in [6.07, 6.45) is 0.982. The summed E-state index contributed by atoms with van der Waals surface area (Å²) in [4.78, 5) is 0. The Kier molecular flexibility index (Phi) is 4.39. The van der Waals surface area contributed by atoms with E-state index in [0.717, 1.165) is 6.42 Å². The molecule has 8 rings (SSSR count). The minimum Gasteiger partial charge on any atom is -0.0619 e. The Morgan fingerprint density at radius 2 is 0.784 bits per heavy atom. The minimum absolute atomic E-state index is 0.982. The molecule has 0 saturated heterocycles. The third-order valence-electron chi connectivity index (χ3n) is 8.11. The number of rotatable bonds is 2. The lowest BCUT2D eigenvalue weighted by Gasteiger charge is -2.20. The molecule has 0 fully saturated rings. The first-order valence-electron chi connectivity index (χ1n) is 13.0. The van der Waals surface area contributed by atoms with E-state index in [-0.39, 0.29) is 0 Å². The number of hydrogen-bond acceptors (Lipinski definition) is 0. The Morgan fingerprint density at radius 3 is 1.51 bits per heavy atom. The van der Waals surface area contributed by atoms with Gasteiger partial charge in [-0.05, 0) is 83.2 Å². The van der Waals surface area contributed by atoms with Crippen LogP contribution >= 0.6 is 0 Å². The average molecular weight is 469 g/mol. The van der Waals surface area contributed by atoms with Crippen LogP contribution in [0.25, 0.3) is 65.7 Å². The second-order valence-corrected chi connectivity index (χ2v) is 10.0. The standard InChI is InChI=1S/C37H24/c1-3-14-26-24(11-1)13-9-21-29(26)36-30-16-5-7-18-32(30)37(33-19-8-6-17-31(33)36)34-22-10-20-28-27-15-4-2-12-25(27)23-35(28)34/h1-22H,23H2. The van der Waals surface area contributed by atoms with Gasteiger partial charge >= 0.3 is 0 Å². The van der Waals surface area contributed by atoms with Gasteiger partial charge in [0.15, 0.2) is 0 Å². The molecule has 37 heavy (non-hydrogen) atoms. The lowest BCUT2D eigenvalue weighted by Crippen LogP contribution is -1.94. The van der Waals surface area contributed by atoms with Crippen molar-refractivity contribution in [3.63, 3.8) is 0 Å². The largest absolute Gasteiger partial charge is 0.0619 e. The third-order valence-corrected chi connectivity index (χ3v) is 8.11. The van der Waals surface area contributed by atoms with E-state index in [4.69, 9.17) is 0 Å². The fraction of sp³-hybridized carbons (Fsp3) is 0.0270. The topological polar surface area (TPSA) is 0 Å². The highest BCUT2D eigenvalue weighted by atomic mass is 14.3. The Morgan fingerprint density at radius 1 is 0.324 bits per heavy atom. The summed E-state index contributed by atoms with van der Waals surface area (Å²) in [5.41, 5.74) is 10.9. The summed E-state index contributed by atoms with van der Waals surface area (Å²) in [5, 5.41) is 7.81. The molecule has 0 radical (unpaired) electrons. The van der Waals surface area contributed by atoms with Crippen molar-refractivity contribution >= 4 is 32.3 Å². The molecule has 0 spiro atoms. The molecule has 7 aromatic carbocycles. The molecule has 0 N–H and O–H groups in total. The maximum atomic E-state index is 2.33. The molecule has 1 aliphatic rings. The quantitative estimate of drug-likeness (QED) is 0.221. The van der Waals surface area contributed by atoms with Crippen molar-refractivity contribution in [3.8, 4) is 33.4 Å². The van der Waals surface area contributed by atoms with E-state index in [9.17, 15) is 0 Å². The predicted octanol–water partition coefficient (Wildman–Crippen LogP) is 10.1. The van der Waals surface area contributed by atoms with E-state index < -0.39 is 0 Å². The maximum Gasteiger partial charge on any atom is -0.000728 e. The zero-order valence-corrected chi connectivity index (χ0v) is 20.4. The van der Waals surface area contributed by atoms with E-state index in [2.05, 4.69) is 133 Å². The number of benzene rings is 7. The van der Waals surface area contributed by atoms with Crippen molar-refractivity contribution in [3.05, 3.63) is 145 Å². The van der Waals surface area contributed by atoms with Gasteiger partial charge < -0.3 is 0 Å². The molecule has 0 heteroatoms. The molecule has 0 nitrogen and oxygen atoms in total. The normalized spacial score (nSPS) is 12.2. The zero-order chi connectivity index (χ0) is 24.3. The number of hydrogen-bond donors (Lipinski definition) is 0. The van der Waals surface area contributed by atoms with Gasteiger partial charge in [0, 0.05) is 0 Å². The first-order chi connectivity index (χ1) is 18.4. The fourth-order valence-corrected chi connectivity index (χ4v) is 6.54. The zero-order valence-electron chi connectivity index (χ0n) is 20.4. The van der Waals surface area contributed by atoms with Gasteiger partial charge in [-0.3, -0.25) is 0 Å². The van der Waals surface area contributed by atoms with Crippen LogP contribution in [0.2, 0.25) is 0 Å². The van der Waals surface area contributed by atoms with Gasteiger partial charge in [0.05, 0.1) is 0 Å². The summed E-state index contributed by atoms with van der Waals surface area (Å²) in [6, 6.07) is 49.1. The summed E-state index contributed by atoms with van der Waals surface area (Å²) >= 11 is 0. The highest BCUT2D eigenvalue weighted by Gasteiger charge is 2.24. The first kappa shape index (κ1) is 20.5. The Bertz CT molecular complexity index is 1950. The van der Waals surface area contributed by atoms with Crippen LogP contribution < -0.4 is 0 Å². The molecule has 0 bridgehead atoms. The van der Waals surface area contributed by atoms with Crippen LogP contribution in [0.1, 0.15) is 11.1 Å². The van der Waals surface area contributed by atoms with Crippen molar-refractivity contribution in [2.45, 2.75) is 6.42 Å². The van der Waals surface area contributed by atoms with E-state index >= 15 is 0 Å². The molecule has 0 amide bonds. The van der Waals surface area contributed by atoms with Crippen LogP contribution in [0.15, 0.2) is 133 Å². The molecular weight excluding hydrogens is 444 g/mol. The van der Waals surface area contributed by atoms with Crippen LogP contribution in [-0.4, -0.2) is 0 Å². The van der Waals surface area contributed by atoms with Crippen molar-refractivity contribution in [2.24, 2.45) is 0 Å². The molecule has 0 aromatic heterocycles. The monoisotopic (exact) mass is 468 g/mol. The molecule has 0 saturated carbocycles. The van der Waals surface area contributed by atoms with Crippen molar-refractivity contribution < 1.29 is 0 Å².